The van der Waals surface area contributed by atoms with Crippen molar-refractivity contribution in [3.63, 3.8) is 0 Å². The Hall–Kier alpha value is -2.22. The first-order chi connectivity index (χ1) is 13.9. The summed E-state index contributed by atoms with van der Waals surface area (Å²) < 4.78 is 0. The van der Waals surface area contributed by atoms with Gasteiger partial charge in [0.2, 0.25) is 0 Å². The molecule has 3 heterocycles. The van der Waals surface area contributed by atoms with Gasteiger partial charge in [0, 0.05) is 34.3 Å². The number of thiazole rings is 2. The van der Waals surface area contributed by atoms with E-state index in [1.807, 2.05) is 34.5 Å². The van der Waals surface area contributed by atoms with Crippen molar-refractivity contribution >= 4 is 45.7 Å². The zero-order chi connectivity index (χ0) is 20.5. The summed E-state index contributed by atoms with van der Waals surface area (Å²) in [7, 11) is 0. The van der Waals surface area contributed by atoms with Crippen LogP contribution in [0, 0.1) is 5.41 Å². The van der Waals surface area contributed by atoms with Gasteiger partial charge in [-0.2, -0.15) is 0 Å². The molecule has 3 aromatic rings. The fraction of sp³-hybridized carbons (Fsp3) is 0.286. The zero-order valence-electron chi connectivity index (χ0n) is 16.1. The normalized spacial score (nSPS) is 14.5. The number of nitrogens with zero attached hydrogens (tertiary/aromatic N) is 3. The molecule has 0 saturated carbocycles. The highest BCUT2D eigenvalue weighted by Crippen LogP contribution is 2.32. The van der Waals surface area contributed by atoms with E-state index in [0.717, 1.165) is 28.4 Å². The van der Waals surface area contributed by atoms with Crippen LogP contribution >= 0.6 is 34.3 Å². The van der Waals surface area contributed by atoms with Gasteiger partial charge in [-0.15, -0.1) is 22.7 Å². The molecule has 0 spiro atoms. The van der Waals surface area contributed by atoms with E-state index in [2.05, 4.69) is 29.2 Å². The highest BCUT2D eigenvalue weighted by atomic mass is 35.5. The van der Waals surface area contributed by atoms with E-state index in [0.29, 0.717) is 40.4 Å². The lowest BCUT2D eigenvalue weighted by Gasteiger charge is -2.17. The summed E-state index contributed by atoms with van der Waals surface area (Å²) in [6.07, 6.45) is 0.758. The van der Waals surface area contributed by atoms with Crippen LogP contribution in [0.2, 0.25) is 5.02 Å². The second-order valence-corrected chi connectivity index (χ2v) is 9.44. The molecule has 1 aliphatic heterocycles. The number of benzene rings is 1. The minimum atomic E-state index is 0.203. The average molecular weight is 445 g/mol. The zero-order valence-corrected chi connectivity index (χ0v) is 18.5. The molecule has 29 heavy (non-hydrogen) atoms. The molecule has 4 rings (SSSR count). The Kier molecular flexibility index (Phi) is 5.72. The summed E-state index contributed by atoms with van der Waals surface area (Å²) in [6.45, 7) is 5.25. The first-order valence-corrected chi connectivity index (χ1v) is 11.5. The Morgan fingerprint density at radius 1 is 1.17 bits per heavy atom. The molecular weight excluding hydrogens is 424 g/mol. The number of aliphatic hydroxyl groups is 1. The number of hydrogen-bond acceptors (Lipinski definition) is 6. The van der Waals surface area contributed by atoms with Crippen molar-refractivity contribution in [2.75, 3.05) is 13.1 Å². The molecule has 5 nitrogen and oxygen atoms in total. The molecule has 1 aromatic carbocycles. The van der Waals surface area contributed by atoms with E-state index in [1.54, 1.807) is 11.3 Å². The highest BCUT2D eigenvalue weighted by Gasteiger charge is 2.30. The quantitative estimate of drug-likeness (QED) is 0.500. The van der Waals surface area contributed by atoms with Crippen LogP contribution in [0.25, 0.3) is 16.8 Å². The second-order valence-electron chi connectivity index (χ2n) is 7.21. The maximum absolute atomic E-state index is 10.5. The third-order valence-electron chi connectivity index (χ3n) is 4.80. The average Bonchev–Trinajstić information content (AvgIpc) is 3.40. The van der Waals surface area contributed by atoms with Crippen LogP contribution in [0.15, 0.2) is 40.8 Å². The molecule has 2 N–H and O–H groups in total. The van der Waals surface area contributed by atoms with Crippen LogP contribution in [0.1, 0.15) is 35.5 Å². The van der Waals surface area contributed by atoms with Crippen LogP contribution in [0.3, 0.4) is 0 Å². The van der Waals surface area contributed by atoms with E-state index >= 15 is 0 Å². The largest absolute Gasteiger partial charge is 0.510 e. The fourth-order valence-corrected chi connectivity index (χ4v) is 5.10. The Morgan fingerprint density at radius 2 is 1.93 bits per heavy atom. The van der Waals surface area contributed by atoms with Crippen molar-refractivity contribution in [1.82, 2.24) is 14.9 Å². The summed E-state index contributed by atoms with van der Waals surface area (Å²) in [5.41, 5.74) is 3.42. The van der Waals surface area contributed by atoms with Crippen molar-refractivity contribution in [2.24, 2.45) is 0 Å². The number of rotatable bonds is 6. The number of aromatic nitrogens is 2. The van der Waals surface area contributed by atoms with Gasteiger partial charge in [-0.05, 0) is 18.1 Å². The first-order valence-electron chi connectivity index (χ1n) is 9.34. The van der Waals surface area contributed by atoms with E-state index < -0.39 is 0 Å². The Bertz CT molecular complexity index is 1070. The van der Waals surface area contributed by atoms with Crippen LogP contribution in [-0.4, -0.2) is 38.9 Å². The number of aliphatic hydroxyl groups excluding tert-OH is 1. The van der Waals surface area contributed by atoms with Gasteiger partial charge >= 0.3 is 0 Å². The lowest BCUT2D eigenvalue weighted by atomic mass is 10.2. The van der Waals surface area contributed by atoms with E-state index in [9.17, 15) is 5.11 Å². The molecule has 0 saturated heterocycles. The van der Waals surface area contributed by atoms with E-state index in [-0.39, 0.29) is 5.76 Å². The predicted molar refractivity (Wildman–Crippen MR) is 121 cm³/mol. The molecule has 2 aromatic heterocycles. The standard InChI is InChI=1S/C21H21ClN4OS2/c1-12(2)15-10-28-18(24-15)7-8-26-9-17(27)19(20(26)23)21-25-16(11-29-21)13-3-5-14(22)6-4-13/h3-6,10-12,23,27H,7-9H2,1-2H3. The number of nitrogens with one attached hydrogen (secondary N) is 1. The van der Waals surface area contributed by atoms with Gasteiger partial charge in [-0.3, -0.25) is 5.41 Å². The van der Waals surface area contributed by atoms with Crippen molar-refractivity contribution in [1.29, 1.82) is 5.41 Å². The Morgan fingerprint density at radius 3 is 2.62 bits per heavy atom. The maximum Gasteiger partial charge on any atom is 0.135 e. The molecule has 0 bridgehead atoms. The summed E-state index contributed by atoms with van der Waals surface area (Å²) in [6, 6.07) is 7.49. The summed E-state index contributed by atoms with van der Waals surface area (Å²) in [5.74, 6) is 0.941. The third-order valence-corrected chi connectivity index (χ3v) is 6.84. The van der Waals surface area contributed by atoms with Gasteiger partial charge < -0.3 is 10.0 Å². The minimum absolute atomic E-state index is 0.203. The van der Waals surface area contributed by atoms with Gasteiger partial charge in [-0.1, -0.05) is 37.6 Å². The molecule has 0 unspecified atom stereocenters. The molecule has 0 radical (unpaired) electrons. The SMILES string of the molecule is CC(C)c1csc(CCN2CC(O)=C(c3nc(-c4ccc(Cl)cc4)cs3)C2=N)n1. The molecule has 150 valence electrons. The monoisotopic (exact) mass is 444 g/mol. The topological polar surface area (TPSA) is 73.1 Å². The lowest BCUT2D eigenvalue weighted by molar-refractivity contribution is 0.351. The van der Waals surface area contributed by atoms with Crippen molar-refractivity contribution in [3.05, 3.63) is 61.5 Å². The van der Waals surface area contributed by atoms with Crippen LogP contribution in [0.5, 0.6) is 0 Å². The lowest BCUT2D eigenvalue weighted by Crippen LogP contribution is -2.28. The second kappa shape index (κ2) is 8.26. The summed E-state index contributed by atoms with van der Waals surface area (Å²) >= 11 is 9.05. The number of hydrogen-bond donors (Lipinski definition) is 2. The molecule has 1 aliphatic rings. The molecular formula is C21H21ClN4OS2. The third kappa shape index (κ3) is 4.22. The maximum atomic E-state index is 10.5. The van der Waals surface area contributed by atoms with Gasteiger partial charge in [0.05, 0.1) is 28.5 Å². The van der Waals surface area contributed by atoms with Crippen molar-refractivity contribution in [3.8, 4) is 11.3 Å². The molecule has 0 atom stereocenters. The first kappa shape index (κ1) is 20.1. The molecule has 8 heteroatoms. The number of amidine groups is 1. The fourth-order valence-electron chi connectivity index (χ4n) is 3.13. The summed E-state index contributed by atoms with van der Waals surface area (Å²) in [4.78, 5) is 11.2. The molecule has 0 amide bonds. The van der Waals surface area contributed by atoms with Gasteiger partial charge in [0.1, 0.15) is 16.6 Å². The summed E-state index contributed by atoms with van der Waals surface area (Å²) in [5, 5.41) is 25.5. The van der Waals surface area contributed by atoms with Crippen molar-refractivity contribution in [2.45, 2.75) is 26.2 Å². The predicted octanol–water partition coefficient (Wildman–Crippen LogP) is 5.85. The smallest absolute Gasteiger partial charge is 0.135 e. The minimum Gasteiger partial charge on any atom is -0.510 e. The van der Waals surface area contributed by atoms with Gasteiger partial charge in [0.15, 0.2) is 0 Å². The highest BCUT2D eigenvalue weighted by molar-refractivity contribution is 7.11. The van der Waals surface area contributed by atoms with E-state index in [1.165, 1.54) is 11.3 Å². The van der Waals surface area contributed by atoms with Gasteiger partial charge in [0.25, 0.3) is 0 Å². The van der Waals surface area contributed by atoms with Crippen LogP contribution in [-0.2, 0) is 6.42 Å². The number of halogens is 1. The van der Waals surface area contributed by atoms with Crippen LogP contribution in [0.4, 0.5) is 0 Å². The Balaban J connectivity index is 1.45. The van der Waals surface area contributed by atoms with Crippen molar-refractivity contribution < 1.29 is 5.11 Å². The van der Waals surface area contributed by atoms with E-state index in [4.69, 9.17) is 17.0 Å². The van der Waals surface area contributed by atoms with Gasteiger partial charge in [-0.25, -0.2) is 9.97 Å². The van der Waals surface area contributed by atoms with Crippen LogP contribution < -0.4 is 0 Å². The molecule has 0 fully saturated rings. The molecule has 0 aliphatic carbocycles. The Labute approximate surface area is 182 Å².